The summed E-state index contributed by atoms with van der Waals surface area (Å²) >= 11 is 1.46. The Morgan fingerprint density at radius 1 is 1.26 bits per heavy atom. The van der Waals surface area contributed by atoms with E-state index in [1.165, 1.54) is 11.8 Å². The first-order chi connectivity index (χ1) is 11.0. The Balaban J connectivity index is 1.79. The molecule has 0 aromatic carbocycles. The first kappa shape index (κ1) is 17.8. The van der Waals surface area contributed by atoms with Crippen molar-refractivity contribution in [2.75, 3.05) is 52.6 Å². The fourth-order valence-corrected chi connectivity index (χ4v) is 3.25. The summed E-state index contributed by atoms with van der Waals surface area (Å²) in [6.45, 7) is 3.47. The molecule has 2 heterocycles. The van der Waals surface area contributed by atoms with E-state index in [1.807, 2.05) is 22.7 Å². The van der Waals surface area contributed by atoms with Gasteiger partial charge in [0.1, 0.15) is 0 Å². The van der Waals surface area contributed by atoms with Gasteiger partial charge in [0.15, 0.2) is 5.16 Å². The van der Waals surface area contributed by atoms with Crippen molar-refractivity contribution in [1.29, 1.82) is 0 Å². The first-order valence-electron chi connectivity index (χ1n) is 7.78. The third-order valence-corrected chi connectivity index (χ3v) is 4.94. The standard InChI is InChI=1S/C15H25N5O2S/c1-17(2)13(21)11-19-6-4-7-20(10-9-19)14(22)12-23-15-16-5-8-18(15)3/h5,8H,4,6-7,9-12H2,1-3H3. The number of hydrogen-bond acceptors (Lipinski definition) is 5. The van der Waals surface area contributed by atoms with Gasteiger partial charge >= 0.3 is 0 Å². The molecule has 1 aliphatic heterocycles. The molecule has 0 saturated carbocycles. The Morgan fingerprint density at radius 3 is 2.70 bits per heavy atom. The molecule has 1 aliphatic rings. The molecular formula is C15H25N5O2S. The lowest BCUT2D eigenvalue weighted by molar-refractivity contribution is -0.129. The molecule has 0 spiro atoms. The van der Waals surface area contributed by atoms with E-state index >= 15 is 0 Å². The number of carbonyl (C=O) groups is 2. The average Bonchev–Trinajstić information content (AvgIpc) is 2.78. The summed E-state index contributed by atoms with van der Waals surface area (Å²) in [6, 6.07) is 0. The molecule has 1 saturated heterocycles. The van der Waals surface area contributed by atoms with Crippen LogP contribution in [0.25, 0.3) is 0 Å². The zero-order chi connectivity index (χ0) is 16.8. The van der Waals surface area contributed by atoms with Gasteiger partial charge in [-0.3, -0.25) is 14.5 Å². The van der Waals surface area contributed by atoms with E-state index in [0.29, 0.717) is 18.8 Å². The van der Waals surface area contributed by atoms with Crippen molar-refractivity contribution in [2.24, 2.45) is 7.05 Å². The number of aryl methyl sites for hydroxylation is 1. The summed E-state index contributed by atoms with van der Waals surface area (Å²) in [5.41, 5.74) is 0. The molecule has 0 radical (unpaired) electrons. The van der Waals surface area contributed by atoms with Crippen LogP contribution >= 0.6 is 11.8 Å². The smallest absolute Gasteiger partial charge is 0.236 e. The van der Waals surface area contributed by atoms with Crippen LogP contribution in [0.15, 0.2) is 17.6 Å². The molecule has 2 amide bonds. The highest BCUT2D eigenvalue weighted by molar-refractivity contribution is 7.99. The summed E-state index contributed by atoms with van der Waals surface area (Å²) < 4.78 is 1.91. The van der Waals surface area contributed by atoms with Crippen molar-refractivity contribution in [3.63, 3.8) is 0 Å². The number of nitrogens with zero attached hydrogens (tertiary/aromatic N) is 5. The maximum Gasteiger partial charge on any atom is 0.236 e. The Bertz CT molecular complexity index is 546. The quantitative estimate of drug-likeness (QED) is 0.714. The topological polar surface area (TPSA) is 61.7 Å². The van der Waals surface area contributed by atoms with Crippen molar-refractivity contribution in [2.45, 2.75) is 11.6 Å². The molecule has 8 heteroatoms. The van der Waals surface area contributed by atoms with Gasteiger partial charge < -0.3 is 14.4 Å². The maximum absolute atomic E-state index is 12.4. The summed E-state index contributed by atoms with van der Waals surface area (Å²) in [7, 11) is 5.46. The molecule has 23 heavy (non-hydrogen) atoms. The van der Waals surface area contributed by atoms with Gasteiger partial charge in [0, 0.05) is 59.7 Å². The minimum Gasteiger partial charge on any atom is -0.348 e. The van der Waals surface area contributed by atoms with Crippen molar-refractivity contribution in [1.82, 2.24) is 24.3 Å². The molecule has 0 unspecified atom stereocenters. The third kappa shape index (κ3) is 5.24. The largest absolute Gasteiger partial charge is 0.348 e. The Hall–Kier alpha value is -1.54. The number of thioether (sulfide) groups is 1. The van der Waals surface area contributed by atoms with E-state index in [-0.39, 0.29) is 11.8 Å². The van der Waals surface area contributed by atoms with E-state index < -0.39 is 0 Å². The van der Waals surface area contributed by atoms with Crippen molar-refractivity contribution in [3.8, 4) is 0 Å². The second kappa shape index (κ2) is 8.35. The lowest BCUT2D eigenvalue weighted by atomic mass is 10.3. The molecule has 0 N–H and O–H groups in total. The highest BCUT2D eigenvalue weighted by Gasteiger charge is 2.21. The average molecular weight is 339 g/mol. The zero-order valence-electron chi connectivity index (χ0n) is 14.1. The first-order valence-corrected chi connectivity index (χ1v) is 8.76. The van der Waals surface area contributed by atoms with E-state index in [9.17, 15) is 9.59 Å². The summed E-state index contributed by atoms with van der Waals surface area (Å²) in [4.78, 5) is 34.0. The van der Waals surface area contributed by atoms with E-state index in [0.717, 1.165) is 31.2 Å². The van der Waals surface area contributed by atoms with Crippen LogP contribution < -0.4 is 0 Å². The second-order valence-electron chi connectivity index (χ2n) is 5.91. The summed E-state index contributed by atoms with van der Waals surface area (Å²) in [5, 5.41) is 0.853. The van der Waals surface area contributed by atoms with Crippen LogP contribution in [0.4, 0.5) is 0 Å². The van der Waals surface area contributed by atoms with E-state index in [4.69, 9.17) is 0 Å². The van der Waals surface area contributed by atoms with E-state index in [1.54, 1.807) is 25.2 Å². The molecule has 0 bridgehead atoms. The van der Waals surface area contributed by atoms with Gasteiger partial charge in [0.05, 0.1) is 12.3 Å². The van der Waals surface area contributed by atoms with Gasteiger partial charge in [-0.15, -0.1) is 0 Å². The Morgan fingerprint density at radius 2 is 2.04 bits per heavy atom. The van der Waals surface area contributed by atoms with Gasteiger partial charge in [0.2, 0.25) is 11.8 Å². The lowest BCUT2D eigenvalue weighted by Gasteiger charge is -2.22. The monoisotopic (exact) mass is 339 g/mol. The molecule has 1 fully saturated rings. The number of hydrogen-bond donors (Lipinski definition) is 0. The molecule has 2 rings (SSSR count). The number of amides is 2. The van der Waals surface area contributed by atoms with Gasteiger partial charge in [-0.05, 0) is 6.42 Å². The predicted molar refractivity (Wildman–Crippen MR) is 90.3 cm³/mol. The molecule has 7 nitrogen and oxygen atoms in total. The highest BCUT2D eigenvalue weighted by Crippen LogP contribution is 2.15. The van der Waals surface area contributed by atoms with Crippen molar-refractivity contribution >= 4 is 23.6 Å². The molecule has 0 atom stereocenters. The van der Waals surface area contributed by atoms with Crippen LogP contribution in [0.2, 0.25) is 0 Å². The molecule has 1 aromatic heterocycles. The van der Waals surface area contributed by atoms with Gasteiger partial charge in [0.25, 0.3) is 0 Å². The molecule has 128 valence electrons. The van der Waals surface area contributed by atoms with Crippen LogP contribution in [0.1, 0.15) is 6.42 Å². The van der Waals surface area contributed by atoms with Crippen LogP contribution in [0.3, 0.4) is 0 Å². The summed E-state index contributed by atoms with van der Waals surface area (Å²) in [5.74, 6) is 0.649. The fraction of sp³-hybridized carbons (Fsp3) is 0.667. The number of rotatable bonds is 5. The summed E-state index contributed by atoms with van der Waals surface area (Å²) in [6.07, 6.45) is 4.51. The lowest BCUT2D eigenvalue weighted by Crippen LogP contribution is -2.40. The number of likely N-dealkylation sites (N-methyl/N-ethyl adjacent to an activating group) is 1. The number of imidazole rings is 1. The predicted octanol–water partition coefficient (Wildman–Crippen LogP) is 0.135. The zero-order valence-corrected chi connectivity index (χ0v) is 14.9. The van der Waals surface area contributed by atoms with Crippen LogP contribution in [-0.4, -0.2) is 88.6 Å². The SMILES string of the molecule is CN(C)C(=O)CN1CCCN(C(=O)CSc2nccn2C)CC1. The third-order valence-electron chi connectivity index (χ3n) is 3.90. The van der Waals surface area contributed by atoms with Crippen molar-refractivity contribution in [3.05, 3.63) is 12.4 Å². The van der Waals surface area contributed by atoms with Crippen LogP contribution in [0.5, 0.6) is 0 Å². The normalized spacial score (nSPS) is 16.2. The maximum atomic E-state index is 12.4. The van der Waals surface area contributed by atoms with E-state index in [2.05, 4.69) is 9.88 Å². The fourth-order valence-electron chi connectivity index (χ4n) is 2.42. The molecule has 0 aliphatic carbocycles. The van der Waals surface area contributed by atoms with Crippen LogP contribution in [-0.2, 0) is 16.6 Å². The number of carbonyl (C=O) groups excluding carboxylic acids is 2. The highest BCUT2D eigenvalue weighted by atomic mass is 32.2. The van der Waals surface area contributed by atoms with Crippen molar-refractivity contribution < 1.29 is 9.59 Å². The molecule has 1 aromatic rings. The Labute approximate surface area is 141 Å². The second-order valence-corrected chi connectivity index (χ2v) is 6.85. The minimum atomic E-state index is 0.107. The number of aromatic nitrogens is 2. The van der Waals surface area contributed by atoms with Gasteiger partial charge in [-0.1, -0.05) is 11.8 Å². The minimum absolute atomic E-state index is 0.107. The Kier molecular flexibility index (Phi) is 6.47. The van der Waals surface area contributed by atoms with Crippen LogP contribution in [0, 0.1) is 0 Å². The molecular weight excluding hydrogens is 314 g/mol. The van der Waals surface area contributed by atoms with Gasteiger partial charge in [-0.25, -0.2) is 4.98 Å². The van der Waals surface area contributed by atoms with Gasteiger partial charge in [-0.2, -0.15) is 0 Å².